The summed E-state index contributed by atoms with van der Waals surface area (Å²) >= 11 is 0. The summed E-state index contributed by atoms with van der Waals surface area (Å²) in [7, 11) is 1.46. The van der Waals surface area contributed by atoms with Crippen molar-refractivity contribution >= 4 is 18.9 Å². The zero-order valence-corrected chi connectivity index (χ0v) is 11.0. The zero-order valence-electron chi connectivity index (χ0n) is 11.0. The van der Waals surface area contributed by atoms with Crippen LogP contribution in [0, 0.1) is 0 Å². The predicted molar refractivity (Wildman–Crippen MR) is 66.7 cm³/mol. The van der Waals surface area contributed by atoms with Gasteiger partial charge in [0.25, 0.3) is 0 Å². The first-order valence-electron chi connectivity index (χ1n) is 5.59. The van der Waals surface area contributed by atoms with Gasteiger partial charge in [-0.3, -0.25) is 9.48 Å². The van der Waals surface area contributed by atoms with E-state index in [1.165, 1.54) is 18.4 Å². The Hall–Kier alpha value is -1.34. The van der Waals surface area contributed by atoms with Gasteiger partial charge in [-0.05, 0) is 33.2 Å². The van der Waals surface area contributed by atoms with Crippen molar-refractivity contribution in [2.24, 2.45) is 0 Å². The second kappa shape index (κ2) is 5.11. The van der Waals surface area contributed by atoms with Crippen molar-refractivity contribution in [3.63, 3.8) is 0 Å². The van der Waals surface area contributed by atoms with Crippen LogP contribution < -0.4 is 5.46 Å². The zero-order chi connectivity index (χ0) is 14.0. The van der Waals surface area contributed by atoms with E-state index in [1.807, 2.05) is 0 Å². The van der Waals surface area contributed by atoms with Crippen LogP contribution in [0.2, 0.25) is 0 Å². The Morgan fingerprint density at radius 2 is 2.11 bits per heavy atom. The number of carboxylic acids is 1. The molecule has 0 fully saturated rings. The Morgan fingerprint density at radius 1 is 1.50 bits per heavy atom. The number of nitrogens with zero attached hydrogens (tertiary/aromatic N) is 2. The average molecular weight is 253 g/mol. The highest BCUT2D eigenvalue weighted by atomic mass is 16.5. The van der Waals surface area contributed by atoms with Crippen LogP contribution in [0.1, 0.15) is 27.7 Å². The molecule has 0 amide bonds. The molecule has 1 radical (unpaired) electrons. The first-order valence-corrected chi connectivity index (χ1v) is 5.59. The standard InChI is InChI=1S/C11H18BN2O4/c1-10(2,17)11(3,4)18-12-8-5-13-14(6-8)7-9(15)16/h5-6,17H,7H2,1-4H3,(H,15,16). The normalized spacial score (nSPS) is 12.5. The van der Waals surface area contributed by atoms with E-state index in [2.05, 4.69) is 5.10 Å². The van der Waals surface area contributed by atoms with Crippen LogP contribution in [-0.4, -0.2) is 44.6 Å². The van der Waals surface area contributed by atoms with Crippen molar-refractivity contribution in [3.05, 3.63) is 12.4 Å². The van der Waals surface area contributed by atoms with E-state index in [4.69, 9.17) is 9.76 Å². The summed E-state index contributed by atoms with van der Waals surface area (Å²) in [6, 6.07) is 0. The molecule has 0 aliphatic heterocycles. The molecule has 0 atom stereocenters. The second-order valence-electron chi connectivity index (χ2n) is 5.17. The molecule has 99 valence electrons. The van der Waals surface area contributed by atoms with E-state index in [0.717, 1.165) is 0 Å². The number of aliphatic hydroxyl groups is 1. The van der Waals surface area contributed by atoms with Crippen LogP contribution in [0.25, 0.3) is 0 Å². The Bertz CT molecular complexity index is 423. The highest BCUT2D eigenvalue weighted by Crippen LogP contribution is 2.24. The second-order valence-corrected chi connectivity index (χ2v) is 5.17. The third kappa shape index (κ3) is 3.85. The third-order valence-corrected chi connectivity index (χ3v) is 2.91. The maximum Gasteiger partial charge on any atom is 0.334 e. The van der Waals surface area contributed by atoms with Gasteiger partial charge in [-0.15, -0.1) is 0 Å². The van der Waals surface area contributed by atoms with E-state index in [0.29, 0.717) is 5.46 Å². The van der Waals surface area contributed by atoms with Gasteiger partial charge in [0.15, 0.2) is 0 Å². The number of hydrogen-bond donors (Lipinski definition) is 2. The monoisotopic (exact) mass is 253 g/mol. The predicted octanol–water partition coefficient (Wildman–Crippen LogP) is -0.222. The Morgan fingerprint density at radius 3 is 2.61 bits per heavy atom. The lowest BCUT2D eigenvalue weighted by molar-refractivity contribution is -0.137. The molecule has 0 spiro atoms. The van der Waals surface area contributed by atoms with Crippen molar-refractivity contribution < 1.29 is 19.7 Å². The van der Waals surface area contributed by atoms with Crippen LogP contribution in [0.3, 0.4) is 0 Å². The number of aromatic nitrogens is 2. The molecule has 1 heterocycles. The van der Waals surface area contributed by atoms with Crippen molar-refractivity contribution in [1.29, 1.82) is 0 Å². The Labute approximate surface area is 107 Å². The van der Waals surface area contributed by atoms with E-state index in [9.17, 15) is 9.90 Å². The summed E-state index contributed by atoms with van der Waals surface area (Å²) in [5.74, 6) is -0.956. The van der Waals surface area contributed by atoms with E-state index >= 15 is 0 Å². The van der Waals surface area contributed by atoms with Gasteiger partial charge >= 0.3 is 13.5 Å². The number of carbonyl (C=O) groups is 1. The molecular weight excluding hydrogens is 235 g/mol. The summed E-state index contributed by atoms with van der Waals surface area (Å²) in [5.41, 5.74) is -1.11. The first-order chi connectivity index (χ1) is 8.12. The quantitative estimate of drug-likeness (QED) is 0.684. The van der Waals surface area contributed by atoms with E-state index in [-0.39, 0.29) is 6.54 Å². The molecule has 0 saturated carbocycles. The lowest BCUT2D eigenvalue weighted by Gasteiger charge is -2.37. The largest absolute Gasteiger partial charge is 0.480 e. The lowest BCUT2D eigenvalue weighted by Crippen LogP contribution is -2.49. The van der Waals surface area contributed by atoms with Crippen LogP contribution in [0.5, 0.6) is 0 Å². The summed E-state index contributed by atoms with van der Waals surface area (Å²) in [4.78, 5) is 10.5. The molecule has 0 aliphatic carbocycles. The minimum atomic E-state index is -0.999. The maximum atomic E-state index is 10.5. The molecule has 1 aromatic heterocycles. The molecule has 1 rings (SSSR count). The molecule has 0 bridgehead atoms. The molecule has 0 aliphatic rings. The first kappa shape index (κ1) is 14.7. The van der Waals surface area contributed by atoms with Gasteiger partial charge in [0, 0.05) is 12.4 Å². The molecule has 6 nitrogen and oxygen atoms in total. The molecule has 0 aromatic carbocycles. The molecule has 1 aromatic rings. The van der Waals surface area contributed by atoms with Crippen LogP contribution in [0.4, 0.5) is 0 Å². The fraction of sp³-hybridized carbons (Fsp3) is 0.636. The molecule has 18 heavy (non-hydrogen) atoms. The molecule has 0 saturated heterocycles. The molecular formula is C11H18BN2O4. The van der Waals surface area contributed by atoms with Crippen molar-refractivity contribution in [2.75, 3.05) is 0 Å². The number of rotatable bonds is 6. The highest BCUT2D eigenvalue weighted by Gasteiger charge is 2.35. The number of aliphatic carboxylic acids is 1. The van der Waals surface area contributed by atoms with Gasteiger partial charge < -0.3 is 14.9 Å². The number of hydrogen-bond acceptors (Lipinski definition) is 4. The number of carboxylic acid groups (broad SMARTS) is 1. The van der Waals surface area contributed by atoms with Crippen LogP contribution in [0.15, 0.2) is 12.4 Å². The van der Waals surface area contributed by atoms with Gasteiger partial charge in [-0.1, -0.05) is 0 Å². The van der Waals surface area contributed by atoms with E-state index < -0.39 is 17.2 Å². The molecule has 7 heteroatoms. The smallest absolute Gasteiger partial charge is 0.334 e. The van der Waals surface area contributed by atoms with Gasteiger partial charge in [-0.25, -0.2) is 0 Å². The maximum absolute atomic E-state index is 10.5. The van der Waals surface area contributed by atoms with Crippen molar-refractivity contribution in [3.8, 4) is 0 Å². The van der Waals surface area contributed by atoms with Crippen LogP contribution in [-0.2, 0) is 16.0 Å². The van der Waals surface area contributed by atoms with Gasteiger partial charge in [0.2, 0.25) is 0 Å². The van der Waals surface area contributed by atoms with E-state index in [1.54, 1.807) is 33.9 Å². The lowest BCUT2D eigenvalue weighted by atomic mass is 9.84. The van der Waals surface area contributed by atoms with Crippen molar-refractivity contribution in [1.82, 2.24) is 9.78 Å². The fourth-order valence-corrected chi connectivity index (χ4v) is 1.03. The Kier molecular flexibility index (Phi) is 4.18. The minimum Gasteiger partial charge on any atom is -0.480 e. The molecule has 0 unspecified atom stereocenters. The third-order valence-electron chi connectivity index (χ3n) is 2.91. The fourth-order valence-electron chi connectivity index (χ4n) is 1.03. The molecule has 2 N–H and O–H groups in total. The SMILES string of the molecule is CC(C)(O)C(C)(C)O[B]c1cnn(CC(=O)O)c1. The summed E-state index contributed by atoms with van der Waals surface area (Å²) < 4.78 is 6.82. The summed E-state index contributed by atoms with van der Waals surface area (Å²) in [6.07, 6.45) is 3.07. The van der Waals surface area contributed by atoms with Crippen LogP contribution >= 0.6 is 0 Å². The summed E-state index contributed by atoms with van der Waals surface area (Å²) in [6.45, 7) is 6.67. The van der Waals surface area contributed by atoms with Gasteiger partial charge in [-0.2, -0.15) is 5.10 Å². The van der Waals surface area contributed by atoms with Gasteiger partial charge in [0.05, 0.1) is 11.2 Å². The summed E-state index contributed by atoms with van der Waals surface area (Å²) in [5, 5.41) is 22.4. The Balaban J connectivity index is 2.59. The topological polar surface area (TPSA) is 84.6 Å². The van der Waals surface area contributed by atoms with Gasteiger partial charge in [0.1, 0.15) is 6.54 Å². The average Bonchev–Trinajstić information content (AvgIpc) is 2.60. The highest BCUT2D eigenvalue weighted by molar-refractivity contribution is 6.46. The van der Waals surface area contributed by atoms with Crippen molar-refractivity contribution in [2.45, 2.75) is 45.4 Å². The minimum absolute atomic E-state index is 0.192.